The SMILES string of the molecule is O=C(c1ccc2ccccc2c1O)N1C[C@H]2CNC[C@H]2C1. The molecule has 0 unspecified atom stereocenters. The van der Waals surface area contributed by atoms with Crippen molar-refractivity contribution < 1.29 is 9.90 Å². The van der Waals surface area contributed by atoms with E-state index in [-0.39, 0.29) is 11.7 Å². The highest BCUT2D eigenvalue weighted by Gasteiger charge is 2.38. The Labute approximate surface area is 123 Å². The summed E-state index contributed by atoms with van der Waals surface area (Å²) in [5.41, 5.74) is 0.418. The standard InChI is InChI=1S/C17H18N2O2/c20-16-14-4-2-1-3-11(14)5-6-15(16)17(21)19-9-12-7-18-8-13(12)10-19/h1-6,12-13,18,20H,7-10H2/t12-,13+. The molecular weight excluding hydrogens is 264 g/mol. The first kappa shape index (κ1) is 12.7. The number of amides is 1. The molecule has 108 valence electrons. The van der Waals surface area contributed by atoms with Gasteiger partial charge in [0.15, 0.2) is 0 Å². The lowest BCUT2D eigenvalue weighted by Crippen LogP contribution is -2.31. The summed E-state index contributed by atoms with van der Waals surface area (Å²) in [5, 5.41) is 15.5. The van der Waals surface area contributed by atoms with Gasteiger partial charge in [-0.05, 0) is 23.3 Å². The Kier molecular flexibility index (Phi) is 2.86. The first-order valence-corrected chi connectivity index (χ1v) is 7.45. The zero-order chi connectivity index (χ0) is 14.4. The summed E-state index contributed by atoms with van der Waals surface area (Å²) in [6.45, 7) is 3.59. The monoisotopic (exact) mass is 282 g/mol. The van der Waals surface area contributed by atoms with Crippen molar-refractivity contribution in [2.24, 2.45) is 11.8 Å². The van der Waals surface area contributed by atoms with Gasteiger partial charge in [-0.2, -0.15) is 0 Å². The second-order valence-electron chi connectivity index (χ2n) is 6.07. The van der Waals surface area contributed by atoms with Crippen LogP contribution in [-0.4, -0.2) is 42.1 Å². The fourth-order valence-corrected chi connectivity index (χ4v) is 3.62. The molecule has 0 aliphatic carbocycles. The lowest BCUT2D eigenvalue weighted by atomic mass is 10.0. The lowest BCUT2D eigenvalue weighted by molar-refractivity contribution is 0.0779. The van der Waals surface area contributed by atoms with Crippen molar-refractivity contribution in [1.29, 1.82) is 0 Å². The number of nitrogens with one attached hydrogen (secondary N) is 1. The topological polar surface area (TPSA) is 52.6 Å². The van der Waals surface area contributed by atoms with E-state index in [1.807, 2.05) is 35.2 Å². The van der Waals surface area contributed by atoms with Crippen LogP contribution in [0, 0.1) is 11.8 Å². The third-order valence-corrected chi connectivity index (χ3v) is 4.81. The van der Waals surface area contributed by atoms with Crippen LogP contribution in [0.4, 0.5) is 0 Å². The molecular formula is C17H18N2O2. The molecule has 2 atom stereocenters. The number of hydrogen-bond acceptors (Lipinski definition) is 3. The van der Waals surface area contributed by atoms with E-state index >= 15 is 0 Å². The molecule has 2 aliphatic rings. The molecule has 0 bridgehead atoms. The molecule has 21 heavy (non-hydrogen) atoms. The summed E-state index contributed by atoms with van der Waals surface area (Å²) >= 11 is 0. The molecule has 4 rings (SSSR count). The molecule has 2 N–H and O–H groups in total. The van der Waals surface area contributed by atoms with Crippen molar-refractivity contribution in [1.82, 2.24) is 10.2 Å². The van der Waals surface area contributed by atoms with Gasteiger partial charge in [0.05, 0.1) is 5.56 Å². The molecule has 1 amide bonds. The highest BCUT2D eigenvalue weighted by molar-refractivity contribution is 6.03. The van der Waals surface area contributed by atoms with E-state index in [0.29, 0.717) is 17.4 Å². The van der Waals surface area contributed by atoms with Crippen molar-refractivity contribution in [3.05, 3.63) is 42.0 Å². The molecule has 2 aromatic carbocycles. The van der Waals surface area contributed by atoms with Gasteiger partial charge in [-0.1, -0.05) is 30.3 Å². The van der Waals surface area contributed by atoms with E-state index in [2.05, 4.69) is 5.32 Å². The van der Waals surface area contributed by atoms with E-state index in [0.717, 1.165) is 37.0 Å². The quantitative estimate of drug-likeness (QED) is 0.839. The van der Waals surface area contributed by atoms with E-state index < -0.39 is 0 Å². The second kappa shape index (κ2) is 4.74. The second-order valence-corrected chi connectivity index (χ2v) is 6.07. The van der Waals surface area contributed by atoms with Crippen LogP contribution in [0.3, 0.4) is 0 Å². The van der Waals surface area contributed by atoms with Crippen molar-refractivity contribution in [3.63, 3.8) is 0 Å². The summed E-state index contributed by atoms with van der Waals surface area (Å²) in [5.74, 6) is 1.19. The van der Waals surface area contributed by atoms with Gasteiger partial charge in [0.25, 0.3) is 5.91 Å². The van der Waals surface area contributed by atoms with Crippen LogP contribution in [0.15, 0.2) is 36.4 Å². The van der Waals surface area contributed by atoms with Gasteiger partial charge in [0, 0.05) is 31.6 Å². The number of nitrogens with zero attached hydrogens (tertiary/aromatic N) is 1. The Bertz CT molecular complexity index is 701. The molecule has 4 nitrogen and oxygen atoms in total. The molecule has 2 aromatic rings. The van der Waals surface area contributed by atoms with Gasteiger partial charge in [-0.15, -0.1) is 0 Å². The van der Waals surface area contributed by atoms with Crippen molar-refractivity contribution in [2.45, 2.75) is 0 Å². The van der Waals surface area contributed by atoms with Crippen LogP contribution in [0.5, 0.6) is 5.75 Å². The van der Waals surface area contributed by atoms with Crippen LogP contribution in [0.1, 0.15) is 10.4 Å². The van der Waals surface area contributed by atoms with Gasteiger partial charge < -0.3 is 15.3 Å². The highest BCUT2D eigenvalue weighted by atomic mass is 16.3. The Balaban J connectivity index is 1.67. The van der Waals surface area contributed by atoms with Crippen molar-refractivity contribution in [2.75, 3.05) is 26.2 Å². The largest absolute Gasteiger partial charge is 0.506 e. The minimum atomic E-state index is -0.0485. The third kappa shape index (κ3) is 1.98. The minimum Gasteiger partial charge on any atom is -0.506 e. The molecule has 4 heteroatoms. The molecule has 0 radical (unpaired) electrons. The number of likely N-dealkylation sites (tertiary alicyclic amines) is 1. The average Bonchev–Trinajstić information content (AvgIpc) is 3.08. The molecule has 2 heterocycles. The zero-order valence-corrected chi connectivity index (χ0v) is 11.7. The Morgan fingerprint density at radius 1 is 1.10 bits per heavy atom. The van der Waals surface area contributed by atoms with E-state index in [9.17, 15) is 9.90 Å². The molecule has 2 aliphatic heterocycles. The summed E-state index contributed by atoms with van der Waals surface area (Å²) in [7, 11) is 0. The van der Waals surface area contributed by atoms with Crippen LogP contribution in [-0.2, 0) is 0 Å². The molecule has 2 saturated heterocycles. The number of rotatable bonds is 1. The molecule has 0 spiro atoms. The molecule has 0 aromatic heterocycles. The fourth-order valence-electron chi connectivity index (χ4n) is 3.62. The number of aromatic hydroxyl groups is 1. The predicted molar refractivity (Wildman–Crippen MR) is 81.4 cm³/mol. The first-order chi connectivity index (χ1) is 10.2. The van der Waals surface area contributed by atoms with E-state index in [1.165, 1.54) is 0 Å². The normalized spacial score (nSPS) is 24.5. The number of benzene rings is 2. The summed E-state index contributed by atoms with van der Waals surface area (Å²) in [4.78, 5) is 14.6. The van der Waals surface area contributed by atoms with E-state index in [1.54, 1.807) is 6.07 Å². The number of phenolic OH excluding ortho intramolecular Hbond substituents is 1. The smallest absolute Gasteiger partial charge is 0.257 e. The van der Waals surface area contributed by atoms with Crippen LogP contribution in [0.25, 0.3) is 10.8 Å². The molecule has 0 saturated carbocycles. The summed E-state index contributed by atoms with van der Waals surface area (Å²) in [6.07, 6.45) is 0. The van der Waals surface area contributed by atoms with Gasteiger partial charge in [-0.3, -0.25) is 4.79 Å². The van der Waals surface area contributed by atoms with Crippen molar-refractivity contribution in [3.8, 4) is 5.75 Å². The maximum atomic E-state index is 12.7. The van der Waals surface area contributed by atoms with Crippen LogP contribution >= 0.6 is 0 Å². The minimum absolute atomic E-state index is 0.0485. The maximum absolute atomic E-state index is 12.7. The lowest BCUT2D eigenvalue weighted by Gasteiger charge is -2.18. The van der Waals surface area contributed by atoms with E-state index in [4.69, 9.17) is 0 Å². The maximum Gasteiger partial charge on any atom is 0.257 e. The van der Waals surface area contributed by atoms with Gasteiger partial charge in [0.2, 0.25) is 0 Å². The molecule has 2 fully saturated rings. The number of carbonyl (C=O) groups excluding carboxylic acids is 1. The highest BCUT2D eigenvalue weighted by Crippen LogP contribution is 2.32. The van der Waals surface area contributed by atoms with Crippen LogP contribution in [0.2, 0.25) is 0 Å². The van der Waals surface area contributed by atoms with Gasteiger partial charge in [0.1, 0.15) is 5.75 Å². The Morgan fingerprint density at radius 2 is 1.81 bits per heavy atom. The summed E-state index contributed by atoms with van der Waals surface area (Å²) in [6, 6.07) is 11.2. The number of hydrogen-bond donors (Lipinski definition) is 2. The fraction of sp³-hybridized carbons (Fsp3) is 0.353. The van der Waals surface area contributed by atoms with Gasteiger partial charge >= 0.3 is 0 Å². The first-order valence-electron chi connectivity index (χ1n) is 7.45. The van der Waals surface area contributed by atoms with Crippen molar-refractivity contribution >= 4 is 16.7 Å². The predicted octanol–water partition coefficient (Wildman–Crippen LogP) is 1.84. The number of phenols is 1. The number of fused-ring (bicyclic) bond motifs is 2. The summed E-state index contributed by atoms with van der Waals surface area (Å²) < 4.78 is 0. The van der Waals surface area contributed by atoms with Crippen LogP contribution < -0.4 is 5.32 Å². The Morgan fingerprint density at radius 3 is 2.57 bits per heavy atom. The number of carbonyl (C=O) groups is 1. The zero-order valence-electron chi connectivity index (χ0n) is 11.7. The third-order valence-electron chi connectivity index (χ3n) is 4.81. The average molecular weight is 282 g/mol. The Hall–Kier alpha value is -2.07. The van der Waals surface area contributed by atoms with Gasteiger partial charge in [-0.25, -0.2) is 0 Å².